The topological polar surface area (TPSA) is 17.1 Å². The van der Waals surface area contributed by atoms with Crippen LogP contribution in [0.3, 0.4) is 0 Å². The average molecular weight is 293 g/mol. The SMILES string of the molecule is CC(=O)c1ccc(F)cc1-c1cccc(Br)c1. The molecule has 0 radical (unpaired) electrons. The van der Waals surface area contributed by atoms with E-state index in [0.29, 0.717) is 11.1 Å². The molecule has 3 heteroatoms. The number of ketones is 1. The summed E-state index contributed by atoms with van der Waals surface area (Å²) in [6, 6.07) is 11.7. The molecule has 0 aliphatic rings. The van der Waals surface area contributed by atoms with Gasteiger partial charge in [-0.05, 0) is 48.4 Å². The zero-order chi connectivity index (χ0) is 12.4. The predicted octanol–water partition coefficient (Wildman–Crippen LogP) is 4.46. The van der Waals surface area contributed by atoms with Crippen molar-refractivity contribution in [1.82, 2.24) is 0 Å². The number of benzene rings is 2. The first-order valence-corrected chi connectivity index (χ1v) is 5.93. The Balaban J connectivity index is 2.65. The van der Waals surface area contributed by atoms with Crippen molar-refractivity contribution in [2.45, 2.75) is 6.92 Å². The van der Waals surface area contributed by atoms with E-state index in [9.17, 15) is 9.18 Å². The van der Waals surface area contributed by atoms with Gasteiger partial charge in [-0.3, -0.25) is 4.79 Å². The lowest BCUT2D eigenvalue weighted by Crippen LogP contribution is -1.96. The number of carbonyl (C=O) groups excluding carboxylic acids is 1. The summed E-state index contributed by atoms with van der Waals surface area (Å²) in [5.41, 5.74) is 1.98. The summed E-state index contributed by atoms with van der Waals surface area (Å²) < 4.78 is 14.2. The molecule has 86 valence electrons. The maximum Gasteiger partial charge on any atom is 0.160 e. The molecule has 0 aromatic heterocycles. The monoisotopic (exact) mass is 292 g/mol. The molecule has 0 saturated heterocycles. The van der Waals surface area contributed by atoms with Crippen LogP contribution in [0.5, 0.6) is 0 Å². The number of hydrogen-bond donors (Lipinski definition) is 0. The van der Waals surface area contributed by atoms with Crippen LogP contribution < -0.4 is 0 Å². The van der Waals surface area contributed by atoms with E-state index >= 15 is 0 Å². The molecule has 0 atom stereocenters. The Morgan fingerprint density at radius 3 is 2.59 bits per heavy atom. The first-order valence-electron chi connectivity index (χ1n) is 5.14. The van der Waals surface area contributed by atoms with E-state index in [4.69, 9.17) is 0 Å². The number of carbonyl (C=O) groups is 1. The van der Waals surface area contributed by atoms with E-state index in [2.05, 4.69) is 15.9 Å². The molecule has 0 spiro atoms. The van der Waals surface area contributed by atoms with E-state index in [-0.39, 0.29) is 11.6 Å². The van der Waals surface area contributed by atoms with Crippen LogP contribution in [0.4, 0.5) is 4.39 Å². The van der Waals surface area contributed by atoms with Gasteiger partial charge in [-0.2, -0.15) is 0 Å². The molecule has 0 fully saturated rings. The van der Waals surface area contributed by atoms with Crippen molar-refractivity contribution in [3.63, 3.8) is 0 Å². The van der Waals surface area contributed by atoms with Crippen molar-refractivity contribution in [3.8, 4) is 11.1 Å². The highest BCUT2D eigenvalue weighted by Gasteiger charge is 2.10. The number of halogens is 2. The Morgan fingerprint density at radius 1 is 1.18 bits per heavy atom. The molecule has 2 rings (SSSR count). The minimum absolute atomic E-state index is 0.0695. The van der Waals surface area contributed by atoms with Gasteiger partial charge >= 0.3 is 0 Å². The summed E-state index contributed by atoms with van der Waals surface area (Å²) in [7, 11) is 0. The fraction of sp³-hybridized carbons (Fsp3) is 0.0714. The number of hydrogen-bond acceptors (Lipinski definition) is 1. The summed E-state index contributed by atoms with van der Waals surface area (Å²) in [6.45, 7) is 1.48. The zero-order valence-corrected chi connectivity index (χ0v) is 10.8. The number of rotatable bonds is 2. The molecule has 0 aliphatic carbocycles. The molecule has 1 nitrogen and oxygen atoms in total. The molecule has 17 heavy (non-hydrogen) atoms. The third kappa shape index (κ3) is 2.61. The Kier molecular flexibility index (Phi) is 3.38. The smallest absolute Gasteiger partial charge is 0.160 e. The van der Waals surface area contributed by atoms with Gasteiger partial charge in [0.15, 0.2) is 5.78 Å². The van der Waals surface area contributed by atoms with E-state index in [1.165, 1.54) is 25.1 Å². The third-order valence-corrected chi connectivity index (χ3v) is 2.99. The highest BCUT2D eigenvalue weighted by molar-refractivity contribution is 9.10. The van der Waals surface area contributed by atoms with Crippen molar-refractivity contribution in [3.05, 3.63) is 58.3 Å². The van der Waals surface area contributed by atoms with Gasteiger partial charge in [0.1, 0.15) is 5.82 Å². The molecule has 2 aromatic carbocycles. The summed E-state index contributed by atoms with van der Waals surface area (Å²) in [5.74, 6) is -0.412. The average Bonchev–Trinajstić information content (AvgIpc) is 2.28. The normalized spacial score (nSPS) is 10.3. The number of Topliss-reactive ketones (excluding diaryl/α,β-unsaturated/α-hetero) is 1. The summed E-state index contributed by atoms with van der Waals surface area (Å²) in [5, 5.41) is 0. The van der Waals surface area contributed by atoms with Gasteiger partial charge in [0.05, 0.1) is 0 Å². The van der Waals surface area contributed by atoms with Gasteiger partial charge in [-0.25, -0.2) is 4.39 Å². The van der Waals surface area contributed by atoms with Gasteiger partial charge < -0.3 is 0 Å². The van der Waals surface area contributed by atoms with Gasteiger partial charge in [0.25, 0.3) is 0 Å². The molecule has 0 unspecified atom stereocenters. The minimum Gasteiger partial charge on any atom is -0.294 e. The molecule has 0 N–H and O–H groups in total. The highest BCUT2D eigenvalue weighted by Crippen LogP contribution is 2.27. The van der Waals surface area contributed by atoms with Gasteiger partial charge in [0.2, 0.25) is 0 Å². The largest absolute Gasteiger partial charge is 0.294 e. The Hall–Kier alpha value is -1.48. The van der Waals surface area contributed by atoms with Crippen LogP contribution in [0.25, 0.3) is 11.1 Å². The second-order valence-electron chi connectivity index (χ2n) is 3.76. The molecule has 0 aliphatic heterocycles. The van der Waals surface area contributed by atoms with Crippen molar-refractivity contribution in [2.24, 2.45) is 0 Å². The lowest BCUT2D eigenvalue weighted by Gasteiger charge is -2.07. The van der Waals surface area contributed by atoms with Crippen molar-refractivity contribution < 1.29 is 9.18 Å². The van der Waals surface area contributed by atoms with Gasteiger partial charge in [0, 0.05) is 10.0 Å². The third-order valence-electron chi connectivity index (χ3n) is 2.50. The Morgan fingerprint density at radius 2 is 1.94 bits per heavy atom. The Labute approximate surface area is 107 Å². The van der Waals surface area contributed by atoms with E-state index < -0.39 is 0 Å². The fourth-order valence-corrected chi connectivity index (χ4v) is 2.12. The Bertz CT molecular complexity index is 578. The first kappa shape index (κ1) is 12.0. The second-order valence-corrected chi connectivity index (χ2v) is 4.67. The van der Waals surface area contributed by atoms with E-state index in [1.807, 2.05) is 24.3 Å². The van der Waals surface area contributed by atoms with Crippen molar-refractivity contribution >= 4 is 21.7 Å². The van der Waals surface area contributed by atoms with Crippen LogP contribution in [-0.2, 0) is 0 Å². The summed E-state index contributed by atoms with van der Waals surface area (Å²) in [6.07, 6.45) is 0. The fourth-order valence-electron chi connectivity index (χ4n) is 1.72. The quantitative estimate of drug-likeness (QED) is 0.747. The van der Waals surface area contributed by atoms with Crippen LogP contribution >= 0.6 is 15.9 Å². The molecular formula is C14H10BrFO. The standard InChI is InChI=1S/C14H10BrFO/c1-9(17)13-6-5-12(16)8-14(13)10-3-2-4-11(15)7-10/h2-8H,1H3. The zero-order valence-electron chi connectivity index (χ0n) is 9.21. The van der Waals surface area contributed by atoms with E-state index in [0.717, 1.165) is 10.0 Å². The van der Waals surface area contributed by atoms with Crippen LogP contribution in [-0.4, -0.2) is 5.78 Å². The van der Waals surface area contributed by atoms with Crippen LogP contribution in [0.15, 0.2) is 46.9 Å². The molecule has 0 amide bonds. The second kappa shape index (κ2) is 4.80. The van der Waals surface area contributed by atoms with Crippen molar-refractivity contribution in [1.29, 1.82) is 0 Å². The van der Waals surface area contributed by atoms with Crippen LogP contribution in [0, 0.1) is 5.82 Å². The lowest BCUT2D eigenvalue weighted by molar-refractivity contribution is 0.101. The van der Waals surface area contributed by atoms with E-state index in [1.54, 1.807) is 0 Å². The molecule has 0 saturated carbocycles. The lowest BCUT2D eigenvalue weighted by atomic mass is 9.97. The minimum atomic E-state index is -0.343. The summed E-state index contributed by atoms with van der Waals surface area (Å²) in [4.78, 5) is 11.5. The predicted molar refractivity (Wildman–Crippen MR) is 69.5 cm³/mol. The van der Waals surface area contributed by atoms with Gasteiger partial charge in [-0.15, -0.1) is 0 Å². The summed E-state index contributed by atoms with van der Waals surface area (Å²) >= 11 is 3.36. The maximum atomic E-state index is 13.3. The molecule has 0 bridgehead atoms. The van der Waals surface area contributed by atoms with Crippen LogP contribution in [0.1, 0.15) is 17.3 Å². The van der Waals surface area contributed by atoms with Gasteiger partial charge in [-0.1, -0.05) is 28.1 Å². The van der Waals surface area contributed by atoms with Crippen LogP contribution in [0.2, 0.25) is 0 Å². The highest BCUT2D eigenvalue weighted by atomic mass is 79.9. The molecule has 2 aromatic rings. The van der Waals surface area contributed by atoms with Crippen molar-refractivity contribution in [2.75, 3.05) is 0 Å². The molecular weight excluding hydrogens is 283 g/mol. The molecule has 0 heterocycles. The first-order chi connectivity index (χ1) is 8.08. The maximum absolute atomic E-state index is 13.3.